The number of carbonyl (C=O) groups excluding carboxylic acids is 1. The average molecular weight is 150 g/mol. The van der Waals surface area contributed by atoms with Crippen molar-refractivity contribution in [2.24, 2.45) is 17.3 Å². The van der Waals surface area contributed by atoms with Gasteiger partial charge in [0.25, 0.3) is 0 Å². The van der Waals surface area contributed by atoms with Crippen molar-refractivity contribution in [2.45, 2.75) is 26.7 Å². The van der Waals surface area contributed by atoms with Crippen molar-refractivity contribution >= 4 is 6.29 Å². The number of hydrogen-bond acceptors (Lipinski definition) is 1. The zero-order chi connectivity index (χ0) is 8.06. The van der Waals surface area contributed by atoms with Gasteiger partial charge in [0.2, 0.25) is 0 Å². The molecule has 1 saturated carbocycles. The van der Waals surface area contributed by atoms with E-state index < -0.39 is 0 Å². The van der Waals surface area contributed by atoms with Crippen molar-refractivity contribution in [1.82, 2.24) is 0 Å². The molecule has 0 unspecified atom stereocenters. The van der Waals surface area contributed by atoms with Gasteiger partial charge in [0.15, 0.2) is 0 Å². The smallest absolute Gasteiger partial charge is 0.145 e. The highest BCUT2D eigenvalue weighted by atomic mass is 16.1. The van der Waals surface area contributed by atoms with Crippen molar-refractivity contribution in [3.63, 3.8) is 0 Å². The van der Waals surface area contributed by atoms with Crippen LogP contribution in [0.4, 0.5) is 0 Å². The van der Waals surface area contributed by atoms with E-state index in [4.69, 9.17) is 0 Å². The molecule has 0 aromatic carbocycles. The summed E-state index contributed by atoms with van der Waals surface area (Å²) in [5.74, 6) is 1.46. The lowest BCUT2D eigenvalue weighted by atomic mass is 9.50. The summed E-state index contributed by atoms with van der Waals surface area (Å²) >= 11 is 0. The normalized spacial score (nSPS) is 38.9. The molecule has 0 aliphatic heterocycles. The maximum Gasteiger partial charge on any atom is 0.145 e. The Morgan fingerprint density at radius 2 is 2.36 bits per heavy atom. The van der Waals surface area contributed by atoms with Crippen molar-refractivity contribution in [1.29, 1.82) is 0 Å². The van der Waals surface area contributed by atoms with E-state index in [2.05, 4.69) is 19.9 Å². The van der Waals surface area contributed by atoms with Crippen LogP contribution in [0.5, 0.6) is 0 Å². The lowest BCUT2D eigenvalue weighted by molar-refractivity contribution is -0.106. The Balaban J connectivity index is 2.25. The molecule has 3 aliphatic carbocycles. The van der Waals surface area contributed by atoms with E-state index in [0.717, 1.165) is 24.2 Å². The standard InChI is InChI=1S/C10H14O/c1-10(2)8-3-7(6-11)4-9(10)5-8/h3,6,8-9H,4-5H2,1-2H3/t8-,9+/m1/s1. The number of aldehydes is 1. The van der Waals surface area contributed by atoms with Gasteiger partial charge < -0.3 is 0 Å². The maximum absolute atomic E-state index is 10.5. The molecule has 1 fully saturated rings. The molecule has 0 amide bonds. The molecule has 3 aliphatic rings. The molecule has 0 saturated heterocycles. The van der Waals surface area contributed by atoms with Crippen LogP contribution in [0.2, 0.25) is 0 Å². The first kappa shape index (κ1) is 7.08. The summed E-state index contributed by atoms with van der Waals surface area (Å²) in [6.07, 6.45) is 5.53. The number of allylic oxidation sites excluding steroid dienone is 2. The number of fused-ring (bicyclic) bond motifs is 1. The van der Waals surface area contributed by atoms with Crippen LogP contribution in [0, 0.1) is 17.3 Å². The van der Waals surface area contributed by atoms with E-state index in [1.165, 1.54) is 6.42 Å². The van der Waals surface area contributed by atoms with Gasteiger partial charge in [-0.2, -0.15) is 0 Å². The van der Waals surface area contributed by atoms with E-state index in [1.54, 1.807) is 0 Å². The molecule has 3 rings (SSSR count). The van der Waals surface area contributed by atoms with Gasteiger partial charge in [-0.25, -0.2) is 0 Å². The molecule has 11 heavy (non-hydrogen) atoms. The van der Waals surface area contributed by atoms with Gasteiger partial charge in [-0.15, -0.1) is 0 Å². The number of rotatable bonds is 1. The molecule has 0 aromatic rings. The van der Waals surface area contributed by atoms with Gasteiger partial charge in [-0.1, -0.05) is 19.9 Å². The second-order valence-corrected chi connectivity index (χ2v) is 4.42. The zero-order valence-electron chi connectivity index (χ0n) is 7.13. The Bertz CT molecular complexity index is 225. The fourth-order valence-electron chi connectivity index (χ4n) is 2.38. The molecule has 2 bridgehead atoms. The molecular weight excluding hydrogens is 136 g/mol. The predicted molar refractivity (Wildman–Crippen MR) is 44.1 cm³/mol. The third kappa shape index (κ3) is 0.800. The van der Waals surface area contributed by atoms with Gasteiger partial charge in [0, 0.05) is 0 Å². The summed E-state index contributed by atoms with van der Waals surface area (Å²) in [6.45, 7) is 4.62. The minimum absolute atomic E-state index is 0.479. The van der Waals surface area contributed by atoms with Gasteiger partial charge >= 0.3 is 0 Å². The maximum atomic E-state index is 10.5. The largest absolute Gasteiger partial charge is 0.298 e. The Labute approximate surface area is 67.5 Å². The molecule has 60 valence electrons. The fraction of sp³-hybridized carbons (Fsp3) is 0.700. The van der Waals surface area contributed by atoms with Crippen LogP contribution in [-0.4, -0.2) is 6.29 Å². The minimum atomic E-state index is 0.479. The highest BCUT2D eigenvalue weighted by molar-refractivity contribution is 5.74. The molecule has 0 N–H and O–H groups in total. The molecule has 0 aromatic heterocycles. The number of hydrogen-bond donors (Lipinski definition) is 0. The molecule has 0 radical (unpaired) electrons. The molecule has 0 spiro atoms. The summed E-state index contributed by atoms with van der Waals surface area (Å²) in [5, 5.41) is 0. The Hall–Kier alpha value is -0.590. The first-order chi connectivity index (χ1) is 5.14. The third-order valence-corrected chi connectivity index (χ3v) is 3.60. The van der Waals surface area contributed by atoms with Gasteiger partial charge in [-0.3, -0.25) is 4.79 Å². The van der Waals surface area contributed by atoms with Crippen LogP contribution in [0.25, 0.3) is 0 Å². The summed E-state index contributed by atoms with van der Waals surface area (Å²) in [5.41, 5.74) is 1.51. The van der Waals surface area contributed by atoms with Crippen LogP contribution in [-0.2, 0) is 4.79 Å². The Morgan fingerprint density at radius 3 is 2.73 bits per heavy atom. The highest BCUT2D eigenvalue weighted by Gasteiger charge is 2.49. The van der Waals surface area contributed by atoms with Gasteiger partial charge in [-0.05, 0) is 35.7 Å². The summed E-state index contributed by atoms with van der Waals surface area (Å²) in [7, 11) is 0. The SMILES string of the molecule is CC1(C)[C@H]2CC(C=O)=C[C@@H]1C2. The van der Waals surface area contributed by atoms with Crippen molar-refractivity contribution in [3.05, 3.63) is 11.6 Å². The monoisotopic (exact) mass is 150 g/mol. The van der Waals surface area contributed by atoms with Crippen molar-refractivity contribution in [2.75, 3.05) is 0 Å². The quantitative estimate of drug-likeness (QED) is 0.523. The molecule has 2 atom stereocenters. The summed E-state index contributed by atoms with van der Waals surface area (Å²) < 4.78 is 0. The van der Waals surface area contributed by atoms with Crippen molar-refractivity contribution in [3.8, 4) is 0 Å². The van der Waals surface area contributed by atoms with E-state index in [9.17, 15) is 4.79 Å². The van der Waals surface area contributed by atoms with Crippen LogP contribution in [0.15, 0.2) is 11.6 Å². The van der Waals surface area contributed by atoms with Crippen LogP contribution >= 0.6 is 0 Å². The fourth-order valence-corrected chi connectivity index (χ4v) is 2.38. The highest BCUT2D eigenvalue weighted by Crippen LogP contribution is 2.57. The van der Waals surface area contributed by atoms with E-state index in [-0.39, 0.29) is 0 Å². The minimum Gasteiger partial charge on any atom is -0.298 e. The van der Waals surface area contributed by atoms with E-state index in [0.29, 0.717) is 11.3 Å². The molecule has 1 heteroatoms. The molecule has 1 nitrogen and oxygen atoms in total. The van der Waals surface area contributed by atoms with E-state index in [1.807, 2.05) is 0 Å². The second kappa shape index (κ2) is 1.96. The average Bonchev–Trinajstić information content (AvgIpc) is 2.04. The van der Waals surface area contributed by atoms with Crippen LogP contribution in [0.1, 0.15) is 26.7 Å². The molecular formula is C10H14O. The molecule has 0 heterocycles. The first-order valence-corrected chi connectivity index (χ1v) is 4.30. The van der Waals surface area contributed by atoms with Gasteiger partial charge in [0.1, 0.15) is 6.29 Å². The number of carbonyl (C=O) groups is 1. The third-order valence-electron chi connectivity index (χ3n) is 3.60. The van der Waals surface area contributed by atoms with Crippen LogP contribution in [0.3, 0.4) is 0 Å². The second-order valence-electron chi connectivity index (χ2n) is 4.42. The topological polar surface area (TPSA) is 17.1 Å². The lowest BCUT2D eigenvalue weighted by Gasteiger charge is -2.54. The van der Waals surface area contributed by atoms with Crippen molar-refractivity contribution < 1.29 is 4.79 Å². The Morgan fingerprint density at radius 1 is 1.64 bits per heavy atom. The summed E-state index contributed by atoms with van der Waals surface area (Å²) in [6, 6.07) is 0. The van der Waals surface area contributed by atoms with Gasteiger partial charge in [0.05, 0.1) is 0 Å². The predicted octanol–water partition coefficient (Wildman–Crippen LogP) is 2.18. The first-order valence-electron chi connectivity index (χ1n) is 4.30. The Kier molecular flexibility index (Phi) is 1.26. The zero-order valence-corrected chi connectivity index (χ0v) is 7.13. The lowest BCUT2D eigenvalue weighted by Crippen LogP contribution is -2.46. The van der Waals surface area contributed by atoms with Crippen LogP contribution < -0.4 is 0 Å². The van der Waals surface area contributed by atoms with E-state index >= 15 is 0 Å². The summed E-state index contributed by atoms with van der Waals surface area (Å²) in [4.78, 5) is 10.5.